The molecule has 0 radical (unpaired) electrons. The van der Waals surface area contributed by atoms with Crippen LogP contribution in [-0.2, 0) is 14.4 Å². The number of carbonyl (C=O) groups excluding carboxylic acids is 1. The monoisotopic (exact) mass is 352 g/mol. The van der Waals surface area contributed by atoms with Gasteiger partial charge in [-0.15, -0.1) is 0 Å². The Morgan fingerprint density at radius 2 is 1.74 bits per heavy atom. The molecule has 0 aliphatic carbocycles. The number of carboxylic acids is 2. The van der Waals surface area contributed by atoms with E-state index in [-0.39, 0.29) is 25.7 Å². The van der Waals surface area contributed by atoms with Crippen LogP contribution in [0.4, 0.5) is 0 Å². The van der Waals surface area contributed by atoms with E-state index < -0.39 is 23.9 Å². The number of nitrogens with one attached hydrogen (secondary N) is 3. The molecule has 0 bridgehead atoms. The lowest BCUT2D eigenvalue weighted by molar-refractivity contribution is -0.140. The molecule has 136 valence electrons. The first-order valence-electron chi connectivity index (χ1n) is 6.58. The summed E-state index contributed by atoms with van der Waals surface area (Å²) in [5.41, 5.74) is 0. The molecule has 0 aromatic carbocycles. The summed E-state index contributed by atoms with van der Waals surface area (Å²) in [6.45, 7) is 5.16. The minimum atomic E-state index is -1.15. The van der Waals surface area contributed by atoms with Gasteiger partial charge in [-0.3, -0.25) is 14.6 Å². The van der Waals surface area contributed by atoms with Crippen LogP contribution in [0.15, 0.2) is 4.99 Å². The van der Waals surface area contributed by atoms with E-state index in [2.05, 4.69) is 34.2 Å². The molecule has 1 unspecified atom stereocenters. The lowest BCUT2D eigenvalue weighted by Gasteiger charge is -2.14. The minimum Gasteiger partial charge on any atom is -0.480 e. The van der Waals surface area contributed by atoms with Crippen LogP contribution in [0.2, 0.25) is 0 Å². The van der Waals surface area contributed by atoms with Crippen molar-refractivity contribution in [2.75, 3.05) is 19.3 Å². The summed E-state index contributed by atoms with van der Waals surface area (Å²) in [7, 11) is 1.44. The molecule has 0 spiro atoms. The van der Waals surface area contributed by atoms with Gasteiger partial charge in [-0.1, -0.05) is 27.7 Å². The molecule has 5 N–H and O–H groups in total. The van der Waals surface area contributed by atoms with Crippen molar-refractivity contribution >= 4 is 35.8 Å². The molecule has 10 heteroatoms. The average Bonchev–Trinajstić information content (AvgIpc) is 2.41. The third-order valence-corrected chi connectivity index (χ3v) is 2.56. The molecule has 0 aromatic heterocycles. The Morgan fingerprint density at radius 1 is 1.22 bits per heavy atom. The number of hydrogen-bond acceptors (Lipinski definition) is 5. The van der Waals surface area contributed by atoms with Gasteiger partial charge in [0.15, 0.2) is 0 Å². The van der Waals surface area contributed by atoms with Crippen LogP contribution in [0.25, 0.3) is 0 Å². The Labute approximate surface area is 141 Å². The summed E-state index contributed by atoms with van der Waals surface area (Å²) < 4.78 is 2.66. The largest absolute Gasteiger partial charge is 0.480 e. The van der Waals surface area contributed by atoms with Gasteiger partial charge in [0.1, 0.15) is 12.6 Å². The zero-order valence-corrected chi connectivity index (χ0v) is 14.0. The predicted octanol–water partition coefficient (Wildman–Crippen LogP) is 0.526. The smallest absolute Gasteiger partial charge is 0.327 e. The first kappa shape index (κ1) is 26.0. The van der Waals surface area contributed by atoms with Crippen LogP contribution in [0.5, 0.6) is 0 Å². The Kier molecular flexibility index (Phi) is 18.5. The molecule has 1 atom stereocenters. The lowest BCUT2D eigenvalue weighted by atomic mass is 10.3. The molecule has 0 heterocycles. The summed E-state index contributed by atoms with van der Waals surface area (Å²) in [6.07, 6.45) is 1.25. The molecule has 23 heavy (non-hydrogen) atoms. The van der Waals surface area contributed by atoms with Crippen LogP contribution in [0.1, 0.15) is 34.6 Å². The van der Waals surface area contributed by atoms with E-state index in [1.54, 1.807) is 0 Å². The van der Waals surface area contributed by atoms with E-state index in [0.717, 1.165) is 11.9 Å². The van der Waals surface area contributed by atoms with E-state index in [9.17, 15) is 14.4 Å². The quantitative estimate of drug-likeness (QED) is 0.254. The maximum Gasteiger partial charge on any atom is 0.327 e. The molecule has 0 saturated heterocycles. The number of nitrogens with zero attached hydrogens (tertiary/aromatic N) is 1. The Morgan fingerprint density at radius 3 is 2.09 bits per heavy atom. The second-order valence-electron chi connectivity index (χ2n) is 4.03. The Bertz CT molecular complexity index is 391. The molecule has 0 aliphatic rings. The zero-order chi connectivity index (χ0) is 17.5. The Hall–Kier alpha value is -1.97. The predicted molar refractivity (Wildman–Crippen MR) is 92.5 cm³/mol. The number of carbonyl (C=O) groups is 3. The van der Waals surface area contributed by atoms with Crippen molar-refractivity contribution in [1.29, 1.82) is 0 Å². The summed E-state index contributed by atoms with van der Waals surface area (Å²) in [6, 6.07) is -1.03. The number of hydrogen-bond donors (Lipinski definition) is 5. The molecule has 0 rings (SSSR count). The van der Waals surface area contributed by atoms with Gasteiger partial charge in [0, 0.05) is 19.7 Å². The third kappa shape index (κ3) is 18.0. The molecular formula is C13H28N4O5S. The third-order valence-electron chi connectivity index (χ3n) is 1.73. The normalized spacial score (nSPS) is 11.0. The lowest BCUT2D eigenvalue weighted by Crippen LogP contribution is -2.43. The minimum absolute atomic E-state index is 0. The molecule has 9 nitrogen and oxygen atoms in total. The van der Waals surface area contributed by atoms with Crippen molar-refractivity contribution in [3.8, 4) is 0 Å². The molecule has 0 fully saturated rings. The zero-order valence-electron chi connectivity index (χ0n) is 13.2. The first-order valence-corrected chi connectivity index (χ1v) is 7.57. The van der Waals surface area contributed by atoms with Crippen molar-refractivity contribution < 1.29 is 24.6 Å². The van der Waals surface area contributed by atoms with Gasteiger partial charge in [0.05, 0.1) is 0 Å². The number of amides is 1. The number of carboxylic acid groups (broad SMARTS) is 2. The van der Waals surface area contributed by atoms with Crippen LogP contribution < -0.4 is 15.4 Å². The molecule has 0 aromatic rings. The van der Waals surface area contributed by atoms with Crippen LogP contribution in [-0.4, -0.2) is 59.4 Å². The molecule has 0 saturated carbocycles. The van der Waals surface area contributed by atoms with E-state index >= 15 is 0 Å². The molecule has 0 aliphatic heterocycles. The van der Waals surface area contributed by atoms with Crippen molar-refractivity contribution in [3.05, 3.63) is 0 Å². The van der Waals surface area contributed by atoms with Gasteiger partial charge in [-0.25, -0.2) is 4.79 Å². The summed E-state index contributed by atoms with van der Waals surface area (Å²) in [5.74, 6) is -2.38. The number of aliphatic carboxylic acids is 2. The molecule has 1 amide bonds. The van der Waals surface area contributed by atoms with Gasteiger partial charge in [0.2, 0.25) is 11.9 Å². The van der Waals surface area contributed by atoms with Crippen LogP contribution >= 0.6 is 11.9 Å². The fourth-order valence-corrected chi connectivity index (χ4v) is 1.71. The highest BCUT2D eigenvalue weighted by atomic mass is 32.2. The van der Waals surface area contributed by atoms with Crippen molar-refractivity contribution in [3.63, 3.8) is 0 Å². The number of guanidine groups is 1. The van der Waals surface area contributed by atoms with E-state index in [1.807, 2.05) is 0 Å². The number of aliphatic imine (C=N–C) groups is 1. The van der Waals surface area contributed by atoms with Gasteiger partial charge in [0.25, 0.3) is 0 Å². The van der Waals surface area contributed by atoms with E-state index in [4.69, 9.17) is 10.2 Å². The SMILES string of the molecule is C.CCC.CN=C(NCC(=O)O)NSCC(NC(C)=O)C(=O)O. The maximum atomic E-state index is 10.8. The summed E-state index contributed by atoms with van der Waals surface area (Å²) in [5, 5.41) is 22.1. The number of rotatable bonds is 7. The highest BCUT2D eigenvalue weighted by Gasteiger charge is 2.18. The van der Waals surface area contributed by atoms with Crippen molar-refractivity contribution in [1.82, 2.24) is 15.4 Å². The second kappa shape index (κ2) is 16.4. The second-order valence-corrected chi connectivity index (χ2v) is 4.86. The standard InChI is InChI=1S/C9H16N4O5S.C3H8.CH4/c1-5(14)12-6(8(17)18)4-19-13-9(10-2)11-3-7(15)16;1-3-2;/h6H,3-4H2,1-2H3,(H,12,14)(H,15,16)(H,17,18)(H2,10,11,13);3H2,1-2H3;1H4. The van der Waals surface area contributed by atoms with Gasteiger partial charge in [-0.2, -0.15) is 0 Å². The fourth-order valence-electron chi connectivity index (χ4n) is 0.934. The first-order chi connectivity index (χ1) is 10.3. The van der Waals surface area contributed by atoms with Crippen LogP contribution in [0.3, 0.4) is 0 Å². The van der Waals surface area contributed by atoms with Crippen molar-refractivity contribution in [2.45, 2.75) is 40.7 Å². The van der Waals surface area contributed by atoms with Crippen LogP contribution in [0, 0.1) is 0 Å². The average molecular weight is 352 g/mol. The van der Waals surface area contributed by atoms with Crippen molar-refractivity contribution in [2.24, 2.45) is 4.99 Å². The van der Waals surface area contributed by atoms with Gasteiger partial charge < -0.3 is 25.6 Å². The van der Waals surface area contributed by atoms with Gasteiger partial charge in [-0.05, 0) is 11.9 Å². The highest BCUT2D eigenvalue weighted by molar-refractivity contribution is 7.98. The molecular weight excluding hydrogens is 324 g/mol. The van der Waals surface area contributed by atoms with E-state index in [1.165, 1.54) is 20.4 Å². The fraction of sp³-hybridized carbons (Fsp3) is 0.692. The Balaban J connectivity index is -0.000000920. The summed E-state index contributed by atoms with van der Waals surface area (Å²) >= 11 is 0.984. The topological polar surface area (TPSA) is 140 Å². The van der Waals surface area contributed by atoms with E-state index in [0.29, 0.717) is 0 Å². The summed E-state index contributed by atoms with van der Waals surface area (Å²) in [4.78, 5) is 35.7. The highest BCUT2D eigenvalue weighted by Crippen LogP contribution is 1.98. The maximum absolute atomic E-state index is 10.8. The van der Waals surface area contributed by atoms with Gasteiger partial charge >= 0.3 is 11.9 Å².